The smallest absolute Gasteiger partial charge is 0.230 e. The number of carbonyl (C=O) groups excluding carboxylic acids is 1. The third-order valence-corrected chi connectivity index (χ3v) is 6.61. The lowest BCUT2D eigenvalue weighted by atomic mass is 10.0. The van der Waals surface area contributed by atoms with Crippen molar-refractivity contribution in [3.8, 4) is 11.5 Å². The van der Waals surface area contributed by atoms with Gasteiger partial charge in [0.25, 0.3) is 0 Å². The first-order chi connectivity index (χ1) is 15.2. The van der Waals surface area contributed by atoms with Crippen molar-refractivity contribution in [1.82, 2.24) is 9.88 Å². The molecule has 2 aromatic carbocycles. The topological polar surface area (TPSA) is 54.9 Å². The molecule has 0 bridgehead atoms. The molecule has 1 aromatic heterocycles. The molecule has 1 atom stereocenters. The first-order valence-corrected chi connectivity index (χ1v) is 11.5. The van der Waals surface area contributed by atoms with E-state index < -0.39 is 0 Å². The summed E-state index contributed by atoms with van der Waals surface area (Å²) in [5, 5.41) is 2.77. The summed E-state index contributed by atoms with van der Waals surface area (Å²) in [7, 11) is 0. The summed E-state index contributed by atoms with van der Waals surface area (Å²) < 4.78 is 11.4. The van der Waals surface area contributed by atoms with Gasteiger partial charge >= 0.3 is 0 Å². The van der Waals surface area contributed by atoms with Crippen LogP contribution in [0.15, 0.2) is 53.9 Å². The zero-order valence-electron chi connectivity index (χ0n) is 17.5. The summed E-state index contributed by atoms with van der Waals surface area (Å²) in [6.07, 6.45) is 2.26. The van der Waals surface area contributed by atoms with Crippen LogP contribution in [0.25, 0.3) is 0 Å². The van der Waals surface area contributed by atoms with Crippen LogP contribution in [0.5, 0.6) is 11.5 Å². The van der Waals surface area contributed by atoms with E-state index in [-0.39, 0.29) is 5.91 Å². The Bertz CT molecular complexity index is 1070. The molecule has 2 aliphatic rings. The van der Waals surface area contributed by atoms with Gasteiger partial charge < -0.3 is 9.47 Å². The number of benzene rings is 2. The molecule has 3 heterocycles. The van der Waals surface area contributed by atoms with Crippen LogP contribution in [0, 0.1) is 0 Å². The van der Waals surface area contributed by atoms with E-state index in [1.165, 1.54) is 16.9 Å². The fourth-order valence-corrected chi connectivity index (χ4v) is 5.22. The van der Waals surface area contributed by atoms with Gasteiger partial charge in [0, 0.05) is 24.9 Å². The highest BCUT2D eigenvalue weighted by molar-refractivity contribution is 7.14. The average Bonchev–Trinajstić information content (AvgIpc) is 3.44. The van der Waals surface area contributed by atoms with Crippen LogP contribution in [-0.4, -0.2) is 35.5 Å². The van der Waals surface area contributed by atoms with Gasteiger partial charge in [0.1, 0.15) is 13.2 Å². The van der Waals surface area contributed by atoms with E-state index in [1.54, 1.807) is 11.8 Å². The highest BCUT2D eigenvalue weighted by Gasteiger charge is 2.28. The highest BCUT2D eigenvalue weighted by Crippen LogP contribution is 2.39. The summed E-state index contributed by atoms with van der Waals surface area (Å²) >= 11 is 1.51. The number of carbonyl (C=O) groups is 1. The molecule has 0 radical (unpaired) electrons. The van der Waals surface area contributed by atoms with Crippen molar-refractivity contribution in [1.29, 1.82) is 0 Å². The van der Waals surface area contributed by atoms with Crippen LogP contribution < -0.4 is 14.4 Å². The zero-order chi connectivity index (χ0) is 21.2. The number of fused-ring (bicyclic) bond motifs is 1. The highest BCUT2D eigenvalue weighted by atomic mass is 32.1. The number of para-hydroxylation sites is 1. The Kier molecular flexibility index (Phi) is 5.61. The predicted molar refractivity (Wildman–Crippen MR) is 121 cm³/mol. The number of likely N-dealkylation sites (tertiary alicyclic amines) is 1. The van der Waals surface area contributed by atoms with E-state index >= 15 is 0 Å². The van der Waals surface area contributed by atoms with Gasteiger partial charge in [-0.1, -0.05) is 24.3 Å². The third-order valence-electron chi connectivity index (χ3n) is 5.74. The number of aromatic nitrogens is 1. The van der Waals surface area contributed by atoms with Gasteiger partial charge in [0.2, 0.25) is 5.91 Å². The molecular formula is C24H25N3O3S. The SMILES string of the molecule is CC(=O)N(c1ccccc1)c1nc(CN2CCCC2c2ccc3c(c2)OCCO3)cs1. The summed E-state index contributed by atoms with van der Waals surface area (Å²) in [5.74, 6) is 1.63. The molecule has 1 unspecified atom stereocenters. The second-order valence-electron chi connectivity index (χ2n) is 7.84. The standard InChI is InChI=1S/C24H25N3O3S/c1-17(28)27(20-6-3-2-4-7-20)24-25-19(16-31-24)15-26-11-5-8-21(26)18-9-10-22-23(14-18)30-13-12-29-22/h2-4,6-7,9-10,14,16,21H,5,8,11-13,15H2,1H3. The number of rotatable bonds is 5. The number of anilines is 2. The molecule has 6 nitrogen and oxygen atoms in total. The molecule has 0 saturated carbocycles. The molecule has 0 aliphatic carbocycles. The maximum absolute atomic E-state index is 12.3. The molecule has 160 valence electrons. The Morgan fingerprint density at radius 1 is 1.16 bits per heavy atom. The van der Waals surface area contributed by atoms with Crippen molar-refractivity contribution >= 4 is 28.1 Å². The van der Waals surface area contributed by atoms with Crippen molar-refractivity contribution in [2.24, 2.45) is 0 Å². The van der Waals surface area contributed by atoms with Crippen molar-refractivity contribution in [2.45, 2.75) is 32.4 Å². The Morgan fingerprint density at radius 2 is 1.97 bits per heavy atom. The Morgan fingerprint density at radius 3 is 2.77 bits per heavy atom. The fraction of sp³-hybridized carbons (Fsp3) is 0.333. The molecule has 1 saturated heterocycles. The van der Waals surface area contributed by atoms with E-state index in [4.69, 9.17) is 14.5 Å². The lowest BCUT2D eigenvalue weighted by Gasteiger charge is -2.26. The second kappa shape index (κ2) is 8.69. The van der Waals surface area contributed by atoms with E-state index in [2.05, 4.69) is 22.4 Å². The maximum atomic E-state index is 12.3. The van der Waals surface area contributed by atoms with Crippen LogP contribution in [-0.2, 0) is 11.3 Å². The van der Waals surface area contributed by atoms with E-state index in [1.807, 2.05) is 36.4 Å². The monoisotopic (exact) mass is 435 g/mol. The lowest BCUT2D eigenvalue weighted by Crippen LogP contribution is -2.24. The van der Waals surface area contributed by atoms with Gasteiger partial charge in [-0.15, -0.1) is 11.3 Å². The van der Waals surface area contributed by atoms with Crippen molar-refractivity contribution < 1.29 is 14.3 Å². The number of hydrogen-bond acceptors (Lipinski definition) is 6. The molecule has 2 aliphatic heterocycles. The Labute approximate surface area is 186 Å². The first kappa shape index (κ1) is 20.0. The minimum absolute atomic E-state index is 0.0394. The van der Waals surface area contributed by atoms with E-state index in [0.717, 1.165) is 48.8 Å². The minimum Gasteiger partial charge on any atom is -0.486 e. The Balaban J connectivity index is 1.34. The molecule has 3 aromatic rings. The van der Waals surface area contributed by atoms with Crippen molar-refractivity contribution in [3.63, 3.8) is 0 Å². The zero-order valence-corrected chi connectivity index (χ0v) is 18.3. The molecule has 31 heavy (non-hydrogen) atoms. The maximum Gasteiger partial charge on any atom is 0.230 e. The van der Waals surface area contributed by atoms with Crippen molar-refractivity contribution in [2.75, 3.05) is 24.7 Å². The first-order valence-electron chi connectivity index (χ1n) is 10.6. The quantitative estimate of drug-likeness (QED) is 0.568. The van der Waals surface area contributed by atoms with Crippen LogP contribution in [0.4, 0.5) is 10.8 Å². The molecule has 1 amide bonds. The molecule has 0 N–H and O–H groups in total. The van der Waals surface area contributed by atoms with Crippen LogP contribution in [0.2, 0.25) is 0 Å². The fourth-order valence-electron chi connectivity index (χ4n) is 4.34. The van der Waals surface area contributed by atoms with Crippen LogP contribution in [0.1, 0.15) is 37.1 Å². The van der Waals surface area contributed by atoms with Gasteiger partial charge in [-0.2, -0.15) is 0 Å². The van der Waals surface area contributed by atoms with Gasteiger partial charge in [0.15, 0.2) is 16.6 Å². The predicted octanol–water partition coefficient (Wildman–Crippen LogP) is 4.94. The Hall–Kier alpha value is -2.90. The van der Waals surface area contributed by atoms with E-state index in [0.29, 0.717) is 24.4 Å². The number of nitrogens with zero attached hydrogens (tertiary/aromatic N) is 3. The summed E-state index contributed by atoms with van der Waals surface area (Å²) in [6.45, 7) is 4.57. The molecule has 7 heteroatoms. The van der Waals surface area contributed by atoms with E-state index in [9.17, 15) is 4.79 Å². The van der Waals surface area contributed by atoms with Crippen molar-refractivity contribution in [3.05, 3.63) is 65.2 Å². The molecular weight excluding hydrogens is 410 g/mol. The second-order valence-corrected chi connectivity index (χ2v) is 8.68. The van der Waals surface area contributed by atoms with Gasteiger partial charge in [-0.25, -0.2) is 4.98 Å². The minimum atomic E-state index is -0.0394. The molecule has 1 fully saturated rings. The number of thiazole rings is 1. The molecule has 0 spiro atoms. The van der Waals surface area contributed by atoms with Gasteiger partial charge in [-0.05, 0) is 49.2 Å². The summed E-state index contributed by atoms with van der Waals surface area (Å²) in [5.41, 5.74) is 3.09. The molecule has 5 rings (SSSR count). The summed E-state index contributed by atoms with van der Waals surface area (Å²) in [6, 6.07) is 16.3. The number of hydrogen-bond donors (Lipinski definition) is 0. The largest absolute Gasteiger partial charge is 0.486 e. The normalized spacial score (nSPS) is 18.2. The third kappa shape index (κ3) is 4.16. The average molecular weight is 436 g/mol. The lowest BCUT2D eigenvalue weighted by molar-refractivity contribution is -0.115. The van der Waals surface area contributed by atoms with Gasteiger partial charge in [0.05, 0.1) is 11.4 Å². The number of ether oxygens (including phenoxy) is 2. The number of amides is 1. The summed E-state index contributed by atoms with van der Waals surface area (Å²) in [4.78, 5) is 21.3. The van der Waals surface area contributed by atoms with Crippen LogP contribution in [0.3, 0.4) is 0 Å². The van der Waals surface area contributed by atoms with Crippen LogP contribution >= 0.6 is 11.3 Å². The van der Waals surface area contributed by atoms with Gasteiger partial charge in [-0.3, -0.25) is 14.6 Å².